The molecule has 0 N–H and O–H groups in total. The summed E-state index contributed by atoms with van der Waals surface area (Å²) < 4.78 is 16.5. The quantitative estimate of drug-likeness (QED) is 0.648. The number of benzene rings is 1. The Morgan fingerprint density at radius 1 is 1.16 bits per heavy atom. The predicted molar refractivity (Wildman–Crippen MR) is 123 cm³/mol. The van der Waals surface area contributed by atoms with Crippen LogP contribution < -0.4 is 9.64 Å². The molecule has 1 fully saturated rings. The van der Waals surface area contributed by atoms with Crippen LogP contribution in [0.15, 0.2) is 24.4 Å². The summed E-state index contributed by atoms with van der Waals surface area (Å²) in [5.74, 6) is 0.209. The Balaban J connectivity index is 1.90. The molecule has 0 aliphatic carbocycles. The zero-order valence-electron chi connectivity index (χ0n) is 19.6. The lowest BCUT2D eigenvalue weighted by Gasteiger charge is -2.28. The molecule has 3 rings (SSSR count). The first-order valence-corrected chi connectivity index (χ1v) is 11.1. The fourth-order valence-corrected chi connectivity index (χ4v) is 3.78. The second-order valence-corrected chi connectivity index (χ2v) is 8.85. The molecular formula is C24H33N3O5. The Morgan fingerprint density at radius 2 is 1.94 bits per heavy atom. The molecule has 2 heterocycles. The zero-order chi connectivity index (χ0) is 23.3. The van der Waals surface area contributed by atoms with E-state index < -0.39 is 11.6 Å². The lowest BCUT2D eigenvalue weighted by Crippen LogP contribution is -2.39. The molecule has 0 unspecified atom stereocenters. The fraction of sp³-hybridized carbons (Fsp3) is 0.542. The predicted octanol–water partition coefficient (Wildman–Crippen LogP) is 3.93. The van der Waals surface area contributed by atoms with Gasteiger partial charge in [0.05, 0.1) is 12.1 Å². The number of amides is 1. The lowest BCUT2D eigenvalue weighted by atomic mass is 10.1. The van der Waals surface area contributed by atoms with Gasteiger partial charge in [0, 0.05) is 37.8 Å². The van der Waals surface area contributed by atoms with Crippen LogP contribution in [0.1, 0.15) is 39.7 Å². The van der Waals surface area contributed by atoms with E-state index in [-0.39, 0.29) is 12.7 Å². The van der Waals surface area contributed by atoms with Crippen molar-refractivity contribution in [2.75, 3.05) is 44.3 Å². The molecule has 32 heavy (non-hydrogen) atoms. The average molecular weight is 444 g/mol. The van der Waals surface area contributed by atoms with Crippen molar-refractivity contribution in [2.24, 2.45) is 0 Å². The van der Waals surface area contributed by atoms with Crippen molar-refractivity contribution < 1.29 is 23.8 Å². The molecule has 1 saturated heterocycles. The van der Waals surface area contributed by atoms with Crippen LogP contribution in [-0.4, -0.2) is 66.9 Å². The number of esters is 1. The maximum absolute atomic E-state index is 12.6. The van der Waals surface area contributed by atoms with Crippen LogP contribution in [0.2, 0.25) is 0 Å². The van der Waals surface area contributed by atoms with E-state index in [1.807, 2.05) is 45.9 Å². The van der Waals surface area contributed by atoms with Gasteiger partial charge in [0.1, 0.15) is 17.0 Å². The van der Waals surface area contributed by atoms with Crippen LogP contribution in [0.3, 0.4) is 0 Å². The Morgan fingerprint density at radius 3 is 2.66 bits per heavy atom. The summed E-state index contributed by atoms with van der Waals surface area (Å²) in [4.78, 5) is 33.1. The van der Waals surface area contributed by atoms with Gasteiger partial charge in [-0.05, 0) is 58.7 Å². The lowest BCUT2D eigenvalue weighted by molar-refractivity contribution is -0.145. The van der Waals surface area contributed by atoms with Crippen molar-refractivity contribution in [1.82, 2.24) is 9.88 Å². The van der Waals surface area contributed by atoms with Gasteiger partial charge in [-0.3, -0.25) is 4.98 Å². The standard InChI is InChI=1S/C24H33N3O5/c1-6-30-19(28)16-31-22-17(2)15-18-9-7-10-25-20(18)21(22)26-11-8-12-27(14-13-26)23(29)32-24(3,4)5/h7,9-10,15H,6,8,11-14,16H2,1-5H3. The molecule has 174 valence electrons. The smallest absolute Gasteiger partial charge is 0.410 e. The highest BCUT2D eigenvalue weighted by Crippen LogP contribution is 2.39. The number of nitrogens with zero attached hydrogens (tertiary/aromatic N) is 3. The molecule has 8 heteroatoms. The zero-order valence-corrected chi connectivity index (χ0v) is 19.6. The molecule has 0 spiro atoms. The molecule has 1 aliphatic heterocycles. The fourth-order valence-electron chi connectivity index (χ4n) is 3.78. The van der Waals surface area contributed by atoms with Gasteiger partial charge in [-0.1, -0.05) is 6.07 Å². The van der Waals surface area contributed by atoms with E-state index in [0.717, 1.165) is 35.1 Å². The summed E-state index contributed by atoms with van der Waals surface area (Å²) in [5.41, 5.74) is 2.03. The first kappa shape index (κ1) is 23.6. The van der Waals surface area contributed by atoms with Crippen molar-refractivity contribution in [3.63, 3.8) is 0 Å². The highest BCUT2D eigenvalue weighted by atomic mass is 16.6. The molecular weight excluding hydrogens is 410 g/mol. The van der Waals surface area contributed by atoms with E-state index >= 15 is 0 Å². The molecule has 0 radical (unpaired) electrons. The summed E-state index contributed by atoms with van der Waals surface area (Å²) >= 11 is 0. The first-order valence-electron chi connectivity index (χ1n) is 11.1. The Kier molecular flexibility index (Phi) is 7.43. The Hall–Kier alpha value is -3.03. The van der Waals surface area contributed by atoms with Crippen LogP contribution in [0.25, 0.3) is 10.9 Å². The normalized spacial score (nSPS) is 14.8. The van der Waals surface area contributed by atoms with Gasteiger partial charge in [0.2, 0.25) is 0 Å². The van der Waals surface area contributed by atoms with Gasteiger partial charge in [-0.2, -0.15) is 0 Å². The average Bonchev–Trinajstić information content (AvgIpc) is 2.97. The van der Waals surface area contributed by atoms with E-state index in [1.54, 1.807) is 18.0 Å². The van der Waals surface area contributed by atoms with Crippen LogP contribution in [0.4, 0.5) is 10.5 Å². The first-order chi connectivity index (χ1) is 15.2. The molecule has 1 amide bonds. The number of anilines is 1. The number of ether oxygens (including phenoxy) is 3. The number of aryl methyl sites for hydroxylation is 1. The topological polar surface area (TPSA) is 81.2 Å². The maximum atomic E-state index is 12.6. The highest BCUT2D eigenvalue weighted by molar-refractivity contribution is 5.95. The number of fused-ring (bicyclic) bond motifs is 1. The molecule has 0 atom stereocenters. The van der Waals surface area contributed by atoms with Crippen LogP contribution in [0.5, 0.6) is 5.75 Å². The summed E-state index contributed by atoms with van der Waals surface area (Å²) in [6.45, 7) is 11.9. The summed E-state index contributed by atoms with van der Waals surface area (Å²) in [6.07, 6.45) is 2.23. The molecule has 2 aromatic rings. The van der Waals surface area contributed by atoms with E-state index in [0.29, 0.717) is 32.0 Å². The van der Waals surface area contributed by atoms with Crippen molar-refractivity contribution in [3.8, 4) is 5.75 Å². The van der Waals surface area contributed by atoms with E-state index in [4.69, 9.17) is 14.2 Å². The number of aromatic nitrogens is 1. The summed E-state index contributed by atoms with van der Waals surface area (Å²) in [5, 5.41) is 0.997. The third-order valence-electron chi connectivity index (χ3n) is 5.11. The minimum Gasteiger partial charge on any atom is -0.479 e. The van der Waals surface area contributed by atoms with Crippen molar-refractivity contribution in [2.45, 2.75) is 46.6 Å². The van der Waals surface area contributed by atoms with Crippen molar-refractivity contribution in [3.05, 3.63) is 30.0 Å². The highest BCUT2D eigenvalue weighted by Gasteiger charge is 2.27. The Bertz CT molecular complexity index is 970. The van der Waals surface area contributed by atoms with Gasteiger partial charge in [-0.15, -0.1) is 0 Å². The maximum Gasteiger partial charge on any atom is 0.410 e. The second kappa shape index (κ2) is 10.1. The molecule has 8 nitrogen and oxygen atoms in total. The van der Waals surface area contributed by atoms with E-state index in [2.05, 4.69) is 9.88 Å². The molecule has 0 saturated carbocycles. The third-order valence-corrected chi connectivity index (χ3v) is 5.11. The second-order valence-electron chi connectivity index (χ2n) is 8.85. The minimum atomic E-state index is -0.534. The Labute approximate surface area is 189 Å². The number of carbonyl (C=O) groups is 2. The summed E-state index contributed by atoms with van der Waals surface area (Å²) in [7, 11) is 0. The van der Waals surface area contributed by atoms with Gasteiger partial charge in [0.25, 0.3) is 0 Å². The molecule has 1 aromatic heterocycles. The number of hydrogen-bond acceptors (Lipinski definition) is 7. The number of rotatable bonds is 5. The van der Waals surface area contributed by atoms with Crippen LogP contribution in [-0.2, 0) is 14.3 Å². The van der Waals surface area contributed by atoms with Crippen molar-refractivity contribution >= 4 is 28.7 Å². The monoisotopic (exact) mass is 443 g/mol. The molecule has 0 bridgehead atoms. The van der Waals surface area contributed by atoms with Crippen molar-refractivity contribution in [1.29, 1.82) is 0 Å². The van der Waals surface area contributed by atoms with Gasteiger partial charge in [0.15, 0.2) is 6.61 Å². The van der Waals surface area contributed by atoms with E-state index in [9.17, 15) is 9.59 Å². The largest absolute Gasteiger partial charge is 0.479 e. The van der Waals surface area contributed by atoms with Crippen LogP contribution >= 0.6 is 0 Å². The van der Waals surface area contributed by atoms with E-state index in [1.165, 1.54) is 0 Å². The van der Waals surface area contributed by atoms with Gasteiger partial charge < -0.3 is 24.0 Å². The number of hydrogen-bond donors (Lipinski definition) is 0. The number of pyridine rings is 1. The molecule has 1 aliphatic rings. The van der Waals surface area contributed by atoms with Crippen LogP contribution in [0, 0.1) is 6.92 Å². The SMILES string of the molecule is CCOC(=O)COc1c(C)cc2cccnc2c1N1CCCN(C(=O)OC(C)(C)C)CC1. The molecule has 1 aromatic carbocycles. The third kappa shape index (κ3) is 5.81. The number of carbonyl (C=O) groups excluding carboxylic acids is 2. The minimum absolute atomic E-state index is 0.169. The van der Waals surface area contributed by atoms with Gasteiger partial charge in [-0.25, -0.2) is 9.59 Å². The van der Waals surface area contributed by atoms with Gasteiger partial charge >= 0.3 is 12.1 Å². The summed E-state index contributed by atoms with van der Waals surface area (Å²) in [6, 6.07) is 5.92.